The first-order valence-corrected chi connectivity index (χ1v) is 10.3. The Labute approximate surface area is 175 Å². The van der Waals surface area contributed by atoms with Gasteiger partial charge in [-0.15, -0.1) is 0 Å². The number of aromatic nitrogens is 5. The molecular formula is C23H24N6O. The van der Waals surface area contributed by atoms with E-state index in [1.165, 1.54) is 0 Å². The van der Waals surface area contributed by atoms with Crippen LogP contribution in [0.1, 0.15) is 34.9 Å². The molecule has 1 aromatic carbocycles. The Morgan fingerprint density at radius 3 is 2.60 bits per heavy atom. The summed E-state index contributed by atoms with van der Waals surface area (Å²) in [5, 5.41) is 5.38. The molecule has 7 heteroatoms. The van der Waals surface area contributed by atoms with Gasteiger partial charge in [-0.2, -0.15) is 5.10 Å². The third kappa shape index (κ3) is 3.16. The minimum atomic E-state index is 0.0553. The zero-order chi connectivity index (χ0) is 20.7. The molecule has 0 spiro atoms. The van der Waals surface area contributed by atoms with Gasteiger partial charge >= 0.3 is 0 Å². The highest BCUT2D eigenvalue weighted by Crippen LogP contribution is 2.29. The molecule has 152 valence electrons. The van der Waals surface area contributed by atoms with Crippen LogP contribution in [0.15, 0.2) is 55.1 Å². The largest absolute Gasteiger partial charge is 0.338 e. The monoisotopic (exact) mass is 400 g/mol. The number of benzene rings is 1. The van der Waals surface area contributed by atoms with Crippen molar-refractivity contribution in [2.24, 2.45) is 7.05 Å². The van der Waals surface area contributed by atoms with Crippen LogP contribution in [0.3, 0.4) is 0 Å². The molecule has 0 N–H and O–H groups in total. The lowest BCUT2D eigenvalue weighted by atomic mass is 10.0. The number of carbonyl (C=O) groups is 1. The molecule has 0 aliphatic carbocycles. The van der Waals surface area contributed by atoms with Crippen molar-refractivity contribution < 1.29 is 4.79 Å². The normalized spacial score (nSPS) is 15.1. The SMILES string of the molecule is Cc1nn(C)c2nc(-c3ccccc3)cc(C(=O)N3CCC(n4ccnc4)CC3)c12. The molecule has 1 aliphatic heterocycles. The van der Waals surface area contributed by atoms with Crippen molar-refractivity contribution in [1.29, 1.82) is 0 Å². The number of likely N-dealkylation sites (tertiary alicyclic amines) is 1. The van der Waals surface area contributed by atoms with Gasteiger partial charge in [0.05, 0.1) is 28.7 Å². The fraction of sp³-hybridized carbons (Fsp3) is 0.304. The van der Waals surface area contributed by atoms with Crippen LogP contribution in [0.4, 0.5) is 0 Å². The number of hydrogen-bond donors (Lipinski definition) is 0. The minimum absolute atomic E-state index is 0.0553. The van der Waals surface area contributed by atoms with Gasteiger partial charge in [0.15, 0.2) is 5.65 Å². The lowest BCUT2D eigenvalue weighted by molar-refractivity contribution is 0.0696. The van der Waals surface area contributed by atoms with Gasteiger partial charge in [0.25, 0.3) is 5.91 Å². The molecule has 0 bridgehead atoms. The highest BCUT2D eigenvalue weighted by Gasteiger charge is 2.27. The molecule has 1 aliphatic rings. The minimum Gasteiger partial charge on any atom is -0.338 e. The van der Waals surface area contributed by atoms with Crippen LogP contribution >= 0.6 is 0 Å². The Bertz CT molecular complexity index is 1190. The van der Waals surface area contributed by atoms with E-state index in [0.717, 1.165) is 53.9 Å². The van der Waals surface area contributed by atoms with Gasteiger partial charge in [-0.1, -0.05) is 30.3 Å². The molecule has 4 heterocycles. The van der Waals surface area contributed by atoms with Crippen LogP contribution in [0.5, 0.6) is 0 Å². The van der Waals surface area contributed by atoms with Crippen molar-refractivity contribution in [1.82, 2.24) is 29.2 Å². The molecule has 1 amide bonds. The maximum absolute atomic E-state index is 13.6. The number of imidazole rings is 1. The van der Waals surface area contributed by atoms with E-state index >= 15 is 0 Å². The second-order valence-corrected chi connectivity index (χ2v) is 7.86. The number of fused-ring (bicyclic) bond motifs is 1. The topological polar surface area (TPSA) is 68.8 Å². The van der Waals surface area contributed by atoms with Crippen LogP contribution in [0.2, 0.25) is 0 Å². The van der Waals surface area contributed by atoms with Gasteiger partial charge in [0, 0.05) is 44.1 Å². The summed E-state index contributed by atoms with van der Waals surface area (Å²) < 4.78 is 3.91. The van der Waals surface area contributed by atoms with E-state index in [1.54, 1.807) is 4.68 Å². The van der Waals surface area contributed by atoms with Crippen LogP contribution < -0.4 is 0 Å². The fourth-order valence-corrected chi connectivity index (χ4v) is 4.39. The lowest BCUT2D eigenvalue weighted by Gasteiger charge is -2.32. The molecule has 1 fully saturated rings. The molecule has 4 aromatic rings. The molecule has 5 rings (SSSR count). The molecule has 0 unspecified atom stereocenters. The molecule has 7 nitrogen and oxygen atoms in total. The Morgan fingerprint density at radius 1 is 1.13 bits per heavy atom. The summed E-state index contributed by atoms with van der Waals surface area (Å²) in [6.45, 7) is 3.39. The summed E-state index contributed by atoms with van der Waals surface area (Å²) in [6, 6.07) is 12.3. The smallest absolute Gasteiger partial charge is 0.254 e. The number of pyridine rings is 1. The molecule has 3 aromatic heterocycles. The Kier molecular flexibility index (Phi) is 4.58. The van der Waals surface area contributed by atoms with Crippen LogP contribution in [0, 0.1) is 6.92 Å². The average Bonchev–Trinajstić information content (AvgIpc) is 3.42. The Morgan fingerprint density at radius 2 is 1.90 bits per heavy atom. The molecular weight excluding hydrogens is 376 g/mol. The van der Waals surface area contributed by atoms with E-state index in [-0.39, 0.29) is 5.91 Å². The quantitative estimate of drug-likeness (QED) is 0.527. The number of aryl methyl sites for hydroxylation is 2. The van der Waals surface area contributed by atoms with E-state index in [0.29, 0.717) is 11.6 Å². The zero-order valence-electron chi connectivity index (χ0n) is 17.2. The van der Waals surface area contributed by atoms with Crippen LogP contribution in [-0.4, -0.2) is 48.2 Å². The number of amides is 1. The first kappa shape index (κ1) is 18.5. The van der Waals surface area contributed by atoms with E-state index in [1.807, 2.05) is 74.0 Å². The second kappa shape index (κ2) is 7.40. The van der Waals surface area contributed by atoms with Crippen molar-refractivity contribution in [3.8, 4) is 11.3 Å². The van der Waals surface area contributed by atoms with E-state index in [4.69, 9.17) is 4.98 Å². The van der Waals surface area contributed by atoms with Crippen molar-refractivity contribution >= 4 is 16.9 Å². The third-order valence-electron chi connectivity index (χ3n) is 5.97. The van der Waals surface area contributed by atoms with Crippen molar-refractivity contribution in [2.45, 2.75) is 25.8 Å². The third-order valence-corrected chi connectivity index (χ3v) is 5.97. The predicted octanol–water partition coefficient (Wildman–Crippen LogP) is 3.62. The standard InChI is InChI=1S/C23H24N6O/c1-16-21-19(23(30)28-11-8-18(9-12-28)29-13-10-24-15-29)14-20(17-6-4-3-5-7-17)25-22(21)27(2)26-16/h3-7,10,13-15,18H,8-9,11-12H2,1-2H3. The zero-order valence-corrected chi connectivity index (χ0v) is 17.2. The lowest BCUT2D eigenvalue weighted by Crippen LogP contribution is -2.39. The van der Waals surface area contributed by atoms with Gasteiger partial charge in [-0.05, 0) is 25.8 Å². The molecule has 0 saturated carbocycles. The number of carbonyl (C=O) groups excluding carboxylic acids is 1. The highest BCUT2D eigenvalue weighted by atomic mass is 16.2. The number of rotatable bonds is 3. The second-order valence-electron chi connectivity index (χ2n) is 7.86. The summed E-state index contributed by atoms with van der Waals surface area (Å²) >= 11 is 0. The molecule has 0 radical (unpaired) electrons. The predicted molar refractivity (Wildman–Crippen MR) is 115 cm³/mol. The van der Waals surface area contributed by atoms with Gasteiger partial charge in [-0.3, -0.25) is 9.48 Å². The summed E-state index contributed by atoms with van der Waals surface area (Å²) in [7, 11) is 1.88. The van der Waals surface area contributed by atoms with Crippen LogP contribution in [-0.2, 0) is 7.05 Å². The summed E-state index contributed by atoms with van der Waals surface area (Å²) in [5.74, 6) is 0.0553. The average molecular weight is 400 g/mol. The highest BCUT2D eigenvalue weighted by molar-refractivity contribution is 6.07. The number of piperidine rings is 1. The Hall–Kier alpha value is -3.48. The summed E-state index contributed by atoms with van der Waals surface area (Å²) in [4.78, 5) is 24.5. The fourth-order valence-electron chi connectivity index (χ4n) is 4.39. The van der Waals surface area contributed by atoms with Crippen molar-refractivity contribution in [3.63, 3.8) is 0 Å². The summed E-state index contributed by atoms with van der Waals surface area (Å²) in [6.07, 6.45) is 7.52. The number of hydrogen-bond acceptors (Lipinski definition) is 4. The van der Waals surface area contributed by atoms with Crippen LogP contribution in [0.25, 0.3) is 22.3 Å². The van der Waals surface area contributed by atoms with Crippen molar-refractivity contribution in [2.75, 3.05) is 13.1 Å². The molecule has 0 atom stereocenters. The van der Waals surface area contributed by atoms with E-state index < -0.39 is 0 Å². The van der Waals surface area contributed by atoms with E-state index in [9.17, 15) is 4.79 Å². The van der Waals surface area contributed by atoms with Crippen molar-refractivity contribution in [3.05, 3.63) is 66.4 Å². The maximum atomic E-state index is 13.6. The maximum Gasteiger partial charge on any atom is 0.254 e. The number of nitrogens with zero attached hydrogens (tertiary/aromatic N) is 6. The first-order chi connectivity index (χ1) is 14.6. The van der Waals surface area contributed by atoms with Gasteiger partial charge in [0.1, 0.15) is 0 Å². The Balaban J connectivity index is 1.51. The van der Waals surface area contributed by atoms with E-state index in [2.05, 4.69) is 14.6 Å². The molecule has 1 saturated heterocycles. The molecule has 30 heavy (non-hydrogen) atoms. The first-order valence-electron chi connectivity index (χ1n) is 10.3. The van der Waals surface area contributed by atoms with Gasteiger partial charge in [-0.25, -0.2) is 9.97 Å². The van der Waals surface area contributed by atoms with Gasteiger partial charge in [0.2, 0.25) is 0 Å². The van der Waals surface area contributed by atoms with Gasteiger partial charge < -0.3 is 9.47 Å². The summed E-state index contributed by atoms with van der Waals surface area (Å²) in [5.41, 5.74) is 4.04.